The molecule has 96 valence electrons. The predicted octanol–water partition coefficient (Wildman–Crippen LogP) is 4.37. The largest absolute Gasteiger partial charge is 0.466 e. The highest BCUT2D eigenvalue weighted by Gasteiger charge is 2.06. The molecule has 0 aliphatic carbocycles. The smallest absolute Gasteiger partial charge is 0.136 e. The lowest BCUT2D eigenvalue weighted by atomic mass is 10.2. The average Bonchev–Trinajstić information content (AvgIpc) is 2.72. The highest BCUT2D eigenvalue weighted by molar-refractivity contribution is 9.10. The van der Waals surface area contributed by atoms with Crippen LogP contribution in [0.25, 0.3) is 0 Å². The Kier molecular flexibility index (Phi) is 4.19. The SMILES string of the molecule is CN(C)c1ccc(NCc2occc2Br)cc1Cl. The number of anilines is 2. The van der Waals surface area contributed by atoms with E-state index in [2.05, 4.69) is 21.2 Å². The van der Waals surface area contributed by atoms with Crippen LogP contribution >= 0.6 is 27.5 Å². The van der Waals surface area contributed by atoms with Crippen LogP contribution in [0.2, 0.25) is 5.02 Å². The maximum atomic E-state index is 6.20. The number of furan rings is 1. The van der Waals surface area contributed by atoms with E-state index >= 15 is 0 Å². The molecule has 0 spiro atoms. The van der Waals surface area contributed by atoms with Crippen LogP contribution in [-0.4, -0.2) is 14.1 Å². The zero-order chi connectivity index (χ0) is 13.1. The van der Waals surface area contributed by atoms with Crippen LogP contribution in [0, 0.1) is 0 Å². The maximum absolute atomic E-state index is 6.20. The molecule has 0 bridgehead atoms. The monoisotopic (exact) mass is 328 g/mol. The number of rotatable bonds is 4. The van der Waals surface area contributed by atoms with Crippen molar-refractivity contribution in [3.05, 3.63) is 45.8 Å². The first kappa shape index (κ1) is 13.3. The van der Waals surface area contributed by atoms with Gasteiger partial charge in [0.15, 0.2) is 0 Å². The van der Waals surface area contributed by atoms with Gasteiger partial charge in [-0.05, 0) is 40.2 Å². The lowest BCUT2D eigenvalue weighted by Gasteiger charge is -2.15. The van der Waals surface area contributed by atoms with Crippen molar-refractivity contribution in [3.63, 3.8) is 0 Å². The molecule has 0 saturated carbocycles. The summed E-state index contributed by atoms with van der Waals surface area (Å²) < 4.78 is 6.29. The molecule has 0 radical (unpaired) electrons. The number of hydrogen-bond donors (Lipinski definition) is 1. The van der Waals surface area contributed by atoms with Crippen molar-refractivity contribution in [1.29, 1.82) is 0 Å². The Bertz CT molecular complexity index is 540. The predicted molar refractivity (Wildman–Crippen MR) is 79.5 cm³/mol. The molecule has 1 aromatic carbocycles. The Morgan fingerprint density at radius 1 is 1.33 bits per heavy atom. The number of nitrogens with zero attached hydrogens (tertiary/aromatic N) is 1. The van der Waals surface area contributed by atoms with Crippen molar-refractivity contribution in [2.75, 3.05) is 24.3 Å². The van der Waals surface area contributed by atoms with E-state index in [4.69, 9.17) is 16.0 Å². The van der Waals surface area contributed by atoms with Gasteiger partial charge in [0.25, 0.3) is 0 Å². The molecule has 1 heterocycles. The molecule has 0 atom stereocenters. The molecule has 1 aromatic heterocycles. The highest BCUT2D eigenvalue weighted by Crippen LogP contribution is 2.28. The Labute approximate surface area is 120 Å². The summed E-state index contributed by atoms with van der Waals surface area (Å²) in [7, 11) is 3.93. The van der Waals surface area contributed by atoms with Crippen molar-refractivity contribution in [1.82, 2.24) is 0 Å². The van der Waals surface area contributed by atoms with Crippen molar-refractivity contribution < 1.29 is 4.42 Å². The summed E-state index contributed by atoms with van der Waals surface area (Å²) in [6.07, 6.45) is 1.66. The van der Waals surface area contributed by atoms with E-state index in [1.165, 1.54) is 0 Å². The van der Waals surface area contributed by atoms with E-state index in [9.17, 15) is 0 Å². The molecule has 2 aromatic rings. The van der Waals surface area contributed by atoms with Gasteiger partial charge in [0.05, 0.1) is 28.0 Å². The zero-order valence-electron chi connectivity index (χ0n) is 10.2. The van der Waals surface area contributed by atoms with Gasteiger partial charge in [-0.3, -0.25) is 0 Å². The molecule has 0 unspecified atom stereocenters. The molecule has 18 heavy (non-hydrogen) atoms. The van der Waals surface area contributed by atoms with Crippen LogP contribution in [0.5, 0.6) is 0 Å². The fraction of sp³-hybridized carbons (Fsp3) is 0.231. The summed E-state index contributed by atoms with van der Waals surface area (Å²) >= 11 is 9.62. The van der Waals surface area contributed by atoms with E-state index in [0.29, 0.717) is 6.54 Å². The molecular formula is C13H14BrClN2O. The molecule has 1 N–H and O–H groups in total. The minimum Gasteiger partial charge on any atom is -0.466 e. The molecule has 2 rings (SSSR count). The van der Waals surface area contributed by atoms with E-state index in [1.54, 1.807) is 6.26 Å². The van der Waals surface area contributed by atoms with E-state index < -0.39 is 0 Å². The Morgan fingerprint density at radius 2 is 2.11 bits per heavy atom. The number of benzene rings is 1. The van der Waals surface area contributed by atoms with Crippen LogP contribution in [0.3, 0.4) is 0 Å². The van der Waals surface area contributed by atoms with Crippen molar-refractivity contribution >= 4 is 38.9 Å². The van der Waals surface area contributed by atoms with Gasteiger partial charge in [0.2, 0.25) is 0 Å². The Morgan fingerprint density at radius 3 is 2.67 bits per heavy atom. The van der Waals surface area contributed by atoms with Gasteiger partial charge in [0, 0.05) is 19.8 Å². The Balaban J connectivity index is 2.07. The van der Waals surface area contributed by atoms with Gasteiger partial charge in [-0.25, -0.2) is 0 Å². The van der Waals surface area contributed by atoms with Crippen molar-refractivity contribution in [3.8, 4) is 0 Å². The van der Waals surface area contributed by atoms with Gasteiger partial charge in [-0.1, -0.05) is 11.6 Å². The van der Waals surface area contributed by atoms with Crippen LogP contribution in [-0.2, 0) is 6.54 Å². The molecule has 5 heteroatoms. The lowest BCUT2D eigenvalue weighted by Crippen LogP contribution is -2.09. The molecule has 0 amide bonds. The van der Waals surface area contributed by atoms with Crippen LogP contribution < -0.4 is 10.2 Å². The molecular weight excluding hydrogens is 316 g/mol. The topological polar surface area (TPSA) is 28.4 Å². The van der Waals surface area contributed by atoms with Crippen LogP contribution in [0.4, 0.5) is 11.4 Å². The first-order valence-electron chi connectivity index (χ1n) is 5.50. The van der Waals surface area contributed by atoms with E-state index in [0.717, 1.165) is 26.6 Å². The standard InChI is InChI=1S/C13H14BrClN2O/c1-17(2)12-4-3-9(7-11(12)15)16-8-13-10(14)5-6-18-13/h3-7,16H,8H2,1-2H3. The van der Waals surface area contributed by atoms with Crippen molar-refractivity contribution in [2.24, 2.45) is 0 Å². The second-order valence-electron chi connectivity index (χ2n) is 4.11. The Hall–Kier alpha value is -1.13. The third-order valence-corrected chi connectivity index (χ3v) is 3.58. The molecule has 0 aliphatic heterocycles. The second-order valence-corrected chi connectivity index (χ2v) is 5.37. The maximum Gasteiger partial charge on any atom is 0.136 e. The summed E-state index contributed by atoms with van der Waals surface area (Å²) in [4.78, 5) is 1.98. The zero-order valence-corrected chi connectivity index (χ0v) is 12.5. The highest BCUT2D eigenvalue weighted by atomic mass is 79.9. The molecule has 0 fully saturated rings. The van der Waals surface area contributed by atoms with Crippen LogP contribution in [0.1, 0.15) is 5.76 Å². The average molecular weight is 330 g/mol. The normalized spacial score (nSPS) is 10.4. The third kappa shape index (κ3) is 3.00. The van der Waals surface area contributed by atoms with Gasteiger partial charge >= 0.3 is 0 Å². The summed E-state index contributed by atoms with van der Waals surface area (Å²) in [5.41, 5.74) is 1.97. The quantitative estimate of drug-likeness (QED) is 0.902. The minimum atomic E-state index is 0.616. The fourth-order valence-corrected chi connectivity index (χ4v) is 2.30. The first-order chi connectivity index (χ1) is 8.58. The number of hydrogen-bond acceptors (Lipinski definition) is 3. The summed E-state index contributed by atoms with van der Waals surface area (Å²) in [5, 5.41) is 3.99. The molecule has 0 saturated heterocycles. The minimum absolute atomic E-state index is 0.616. The second kappa shape index (κ2) is 5.67. The van der Waals surface area contributed by atoms with Crippen molar-refractivity contribution in [2.45, 2.75) is 6.54 Å². The van der Waals surface area contributed by atoms with Gasteiger partial charge in [-0.15, -0.1) is 0 Å². The van der Waals surface area contributed by atoms with Crippen LogP contribution in [0.15, 0.2) is 39.4 Å². The molecule has 3 nitrogen and oxygen atoms in total. The van der Waals surface area contributed by atoms with Gasteiger partial charge < -0.3 is 14.6 Å². The first-order valence-corrected chi connectivity index (χ1v) is 6.67. The summed E-state index contributed by atoms with van der Waals surface area (Å²) in [6.45, 7) is 0.616. The van der Waals surface area contributed by atoms with Gasteiger partial charge in [0.1, 0.15) is 5.76 Å². The van der Waals surface area contributed by atoms with Gasteiger partial charge in [-0.2, -0.15) is 0 Å². The summed E-state index contributed by atoms with van der Waals surface area (Å²) in [6, 6.07) is 7.77. The molecule has 0 aliphatic rings. The lowest BCUT2D eigenvalue weighted by molar-refractivity contribution is 0.516. The summed E-state index contributed by atoms with van der Waals surface area (Å²) in [5.74, 6) is 0.864. The van der Waals surface area contributed by atoms with E-state index in [1.807, 2.05) is 43.3 Å². The number of nitrogens with one attached hydrogen (secondary N) is 1. The fourth-order valence-electron chi connectivity index (χ4n) is 1.61. The third-order valence-electron chi connectivity index (χ3n) is 2.57. The van der Waals surface area contributed by atoms with E-state index in [-0.39, 0.29) is 0 Å². The number of halogens is 2.